The first kappa shape index (κ1) is 10.8. The molecule has 0 spiro atoms. The topological polar surface area (TPSA) is 48.0 Å². The molecule has 1 heterocycles. The van der Waals surface area contributed by atoms with Gasteiger partial charge in [0.2, 0.25) is 0 Å². The lowest BCUT2D eigenvalue weighted by atomic mass is 10.1. The van der Waals surface area contributed by atoms with Crippen molar-refractivity contribution in [2.24, 2.45) is 0 Å². The van der Waals surface area contributed by atoms with Gasteiger partial charge in [-0.15, -0.1) is 6.58 Å². The maximum atomic E-state index is 9.79. The summed E-state index contributed by atoms with van der Waals surface area (Å²) in [5, 5.41) is 14.0. The van der Waals surface area contributed by atoms with Gasteiger partial charge < -0.3 is 15.4 Å². The molecule has 2 rings (SSSR count). The quantitative estimate of drug-likeness (QED) is 0.530. The summed E-state index contributed by atoms with van der Waals surface area (Å²) < 4.78 is 0. The van der Waals surface area contributed by atoms with Gasteiger partial charge >= 0.3 is 0 Å². The number of aromatic amines is 1. The summed E-state index contributed by atoms with van der Waals surface area (Å²) >= 11 is 0. The Morgan fingerprint density at radius 2 is 2.31 bits per heavy atom. The number of H-pyrrole nitrogens is 1. The lowest BCUT2D eigenvalue weighted by Crippen LogP contribution is -2.16. The zero-order chi connectivity index (χ0) is 11.4. The van der Waals surface area contributed by atoms with Gasteiger partial charge in [-0.1, -0.05) is 12.1 Å². The smallest absolute Gasteiger partial charge is 0.125 e. The van der Waals surface area contributed by atoms with Crippen molar-refractivity contribution >= 4 is 10.9 Å². The van der Waals surface area contributed by atoms with E-state index in [-0.39, 0.29) is 0 Å². The van der Waals surface area contributed by atoms with Crippen molar-refractivity contribution in [2.75, 3.05) is 13.1 Å². The second-order valence-corrected chi connectivity index (χ2v) is 3.76. The number of aromatic hydroxyl groups is 1. The van der Waals surface area contributed by atoms with Gasteiger partial charge in [-0.25, -0.2) is 0 Å². The molecule has 3 nitrogen and oxygen atoms in total. The molecule has 0 atom stereocenters. The average molecular weight is 216 g/mol. The summed E-state index contributed by atoms with van der Waals surface area (Å²) in [7, 11) is 0. The van der Waals surface area contributed by atoms with Crippen LogP contribution in [-0.2, 0) is 6.42 Å². The van der Waals surface area contributed by atoms with Gasteiger partial charge in [0.15, 0.2) is 0 Å². The third kappa shape index (κ3) is 2.09. The Kier molecular flexibility index (Phi) is 3.27. The molecule has 0 unspecified atom stereocenters. The fourth-order valence-electron chi connectivity index (χ4n) is 1.86. The van der Waals surface area contributed by atoms with Gasteiger partial charge in [0.25, 0.3) is 0 Å². The summed E-state index contributed by atoms with van der Waals surface area (Å²) in [5.41, 5.74) is 2.13. The number of fused-ring (bicyclic) bond motifs is 1. The fourth-order valence-corrected chi connectivity index (χ4v) is 1.86. The Morgan fingerprint density at radius 3 is 3.12 bits per heavy atom. The number of hydrogen-bond donors (Lipinski definition) is 3. The Bertz CT molecular complexity index is 488. The van der Waals surface area contributed by atoms with E-state index in [1.807, 2.05) is 24.4 Å². The van der Waals surface area contributed by atoms with E-state index in [2.05, 4.69) is 16.9 Å². The summed E-state index contributed by atoms with van der Waals surface area (Å²) in [6.07, 6.45) is 4.69. The van der Waals surface area contributed by atoms with E-state index in [1.54, 1.807) is 6.07 Å². The van der Waals surface area contributed by atoms with Gasteiger partial charge in [-0.2, -0.15) is 0 Å². The van der Waals surface area contributed by atoms with Crippen molar-refractivity contribution in [3.63, 3.8) is 0 Å². The molecule has 2 aromatic rings. The number of benzene rings is 1. The first-order chi connectivity index (χ1) is 7.83. The highest BCUT2D eigenvalue weighted by atomic mass is 16.3. The zero-order valence-electron chi connectivity index (χ0n) is 9.16. The monoisotopic (exact) mass is 216 g/mol. The van der Waals surface area contributed by atoms with Gasteiger partial charge in [0.1, 0.15) is 5.75 Å². The molecule has 0 fully saturated rings. The number of nitrogens with one attached hydrogen (secondary N) is 2. The Morgan fingerprint density at radius 1 is 1.44 bits per heavy atom. The van der Waals surface area contributed by atoms with Crippen molar-refractivity contribution in [1.82, 2.24) is 10.3 Å². The van der Waals surface area contributed by atoms with Crippen molar-refractivity contribution in [3.8, 4) is 5.75 Å². The second kappa shape index (κ2) is 4.86. The van der Waals surface area contributed by atoms with Crippen molar-refractivity contribution in [1.29, 1.82) is 0 Å². The van der Waals surface area contributed by atoms with E-state index < -0.39 is 0 Å². The molecule has 16 heavy (non-hydrogen) atoms. The minimum Gasteiger partial charge on any atom is -0.507 e. The standard InChI is InChI=1S/C13H16N2O/c1-2-7-14-8-6-10-9-15-11-4-3-5-12(16)13(10)11/h2-5,9,14-16H,1,6-8H2. The largest absolute Gasteiger partial charge is 0.507 e. The lowest BCUT2D eigenvalue weighted by molar-refractivity contribution is 0.481. The van der Waals surface area contributed by atoms with E-state index in [4.69, 9.17) is 0 Å². The molecule has 84 valence electrons. The third-order valence-electron chi connectivity index (χ3n) is 2.63. The first-order valence-electron chi connectivity index (χ1n) is 5.42. The summed E-state index contributed by atoms with van der Waals surface area (Å²) in [5.74, 6) is 0.345. The van der Waals surface area contributed by atoms with Crippen LogP contribution in [0.25, 0.3) is 10.9 Å². The summed E-state index contributed by atoms with van der Waals surface area (Å²) in [6, 6.07) is 5.53. The Hall–Kier alpha value is -1.74. The van der Waals surface area contributed by atoms with Crippen LogP contribution in [0.15, 0.2) is 37.1 Å². The van der Waals surface area contributed by atoms with Gasteiger partial charge in [-0.05, 0) is 30.7 Å². The van der Waals surface area contributed by atoms with Crippen LogP contribution >= 0.6 is 0 Å². The molecule has 1 aromatic heterocycles. The maximum Gasteiger partial charge on any atom is 0.125 e. The van der Waals surface area contributed by atoms with Crippen molar-refractivity contribution in [3.05, 3.63) is 42.6 Å². The molecule has 0 amide bonds. The number of aromatic nitrogens is 1. The van der Waals surface area contributed by atoms with Crippen LogP contribution in [-0.4, -0.2) is 23.2 Å². The molecule has 3 heteroatoms. The van der Waals surface area contributed by atoms with Crippen LogP contribution in [0.2, 0.25) is 0 Å². The van der Waals surface area contributed by atoms with Crippen LogP contribution in [0.1, 0.15) is 5.56 Å². The number of hydrogen-bond acceptors (Lipinski definition) is 2. The SMILES string of the molecule is C=CCNCCc1c[nH]c2cccc(O)c12. The number of rotatable bonds is 5. The highest BCUT2D eigenvalue weighted by Gasteiger charge is 2.06. The first-order valence-corrected chi connectivity index (χ1v) is 5.42. The highest BCUT2D eigenvalue weighted by molar-refractivity contribution is 5.88. The molecule has 0 radical (unpaired) electrons. The molecule has 0 saturated heterocycles. The maximum absolute atomic E-state index is 9.79. The molecule has 0 aliphatic carbocycles. The van der Waals surface area contributed by atoms with Crippen molar-refractivity contribution < 1.29 is 5.11 Å². The zero-order valence-corrected chi connectivity index (χ0v) is 9.16. The molecule has 0 saturated carbocycles. The predicted octanol–water partition coefficient (Wildman–Crippen LogP) is 2.19. The van der Waals surface area contributed by atoms with Crippen LogP contribution in [0.4, 0.5) is 0 Å². The molecular weight excluding hydrogens is 200 g/mol. The van der Waals surface area contributed by atoms with E-state index in [9.17, 15) is 5.11 Å². The lowest BCUT2D eigenvalue weighted by Gasteiger charge is -2.02. The van der Waals surface area contributed by atoms with Gasteiger partial charge in [0.05, 0.1) is 0 Å². The minimum atomic E-state index is 0.345. The summed E-state index contributed by atoms with van der Waals surface area (Å²) in [4.78, 5) is 3.16. The van der Waals surface area contributed by atoms with Crippen LogP contribution < -0.4 is 5.32 Å². The van der Waals surface area contributed by atoms with Gasteiger partial charge in [-0.3, -0.25) is 0 Å². The predicted molar refractivity (Wildman–Crippen MR) is 66.7 cm³/mol. The second-order valence-electron chi connectivity index (χ2n) is 3.76. The highest BCUT2D eigenvalue weighted by Crippen LogP contribution is 2.27. The third-order valence-corrected chi connectivity index (χ3v) is 2.63. The van der Waals surface area contributed by atoms with Crippen LogP contribution in [0, 0.1) is 0 Å². The molecule has 0 aliphatic rings. The molecular formula is C13H16N2O. The normalized spacial score (nSPS) is 10.8. The van der Waals surface area contributed by atoms with E-state index in [1.165, 1.54) is 0 Å². The molecule has 0 bridgehead atoms. The van der Waals surface area contributed by atoms with E-state index in [0.717, 1.165) is 36.0 Å². The number of phenolic OH excluding ortho intramolecular Hbond substituents is 1. The average Bonchev–Trinajstić information content (AvgIpc) is 2.69. The molecule has 0 aliphatic heterocycles. The van der Waals surface area contributed by atoms with E-state index >= 15 is 0 Å². The van der Waals surface area contributed by atoms with Crippen molar-refractivity contribution in [2.45, 2.75) is 6.42 Å². The number of phenols is 1. The summed E-state index contributed by atoms with van der Waals surface area (Å²) in [6.45, 7) is 5.35. The van der Waals surface area contributed by atoms with Crippen LogP contribution in [0.5, 0.6) is 5.75 Å². The van der Waals surface area contributed by atoms with Gasteiger partial charge in [0, 0.05) is 23.6 Å². The van der Waals surface area contributed by atoms with Crippen LogP contribution in [0.3, 0.4) is 0 Å². The minimum absolute atomic E-state index is 0.345. The Labute approximate surface area is 94.8 Å². The fraction of sp³-hybridized carbons (Fsp3) is 0.231. The molecule has 3 N–H and O–H groups in total. The Balaban J connectivity index is 2.15. The van der Waals surface area contributed by atoms with E-state index in [0.29, 0.717) is 5.75 Å². The molecule has 1 aromatic carbocycles.